The Balaban J connectivity index is 1.96. The van der Waals surface area contributed by atoms with Gasteiger partial charge in [0, 0.05) is 6.20 Å². The maximum Gasteiger partial charge on any atom is 0.307 e. The van der Waals surface area contributed by atoms with Crippen LogP contribution in [0.25, 0.3) is 11.2 Å². The van der Waals surface area contributed by atoms with Gasteiger partial charge in [0.25, 0.3) is 0 Å². The molecule has 1 fully saturated rings. The van der Waals surface area contributed by atoms with Crippen molar-refractivity contribution in [1.82, 2.24) is 20.4 Å². The van der Waals surface area contributed by atoms with Crippen LogP contribution in [-0.4, -0.2) is 31.5 Å². The van der Waals surface area contributed by atoms with Crippen LogP contribution in [0.3, 0.4) is 0 Å². The SMILES string of the molecule is O=C(O)[C@@H]1C[C@H]1c1cnc2n[nH]nc2c1. The first-order valence-corrected chi connectivity index (χ1v) is 4.65. The van der Waals surface area contributed by atoms with Gasteiger partial charge in [-0.2, -0.15) is 10.3 Å². The summed E-state index contributed by atoms with van der Waals surface area (Å²) in [7, 11) is 0. The third-order valence-electron chi connectivity index (χ3n) is 2.73. The Morgan fingerprint density at radius 3 is 3.13 bits per heavy atom. The van der Waals surface area contributed by atoms with E-state index < -0.39 is 5.97 Å². The molecule has 6 heteroatoms. The van der Waals surface area contributed by atoms with E-state index >= 15 is 0 Å². The molecule has 0 saturated heterocycles. The molecule has 0 aromatic carbocycles. The number of aromatic nitrogens is 4. The van der Waals surface area contributed by atoms with Crippen molar-refractivity contribution in [2.45, 2.75) is 12.3 Å². The normalized spacial score (nSPS) is 24.3. The number of carboxylic acid groups (broad SMARTS) is 1. The third-order valence-corrected chi connectivity index (χ3v) is 2.73. The molecule has 0 bridgehead atoms. The summed E-state index contributed by atoms with van der Waals surface area (Å²) in [6.07, 6.45) is 2.37. The molecule has 0 radical (unpaired) electrons. The molecule has 2 aromatic heterocycles. The number of rotatable bonds is 2. The first kappa shape index (κ1) is 8.34. The van der Waals surface area contributed by atoms with E-state index in [0.717, 1.165) is 5.56 Å². The lowest BCUT2D eigenvalue weighted by atomic mass is 10.1. The number of hydrogen-bond acceptors (Lipinski definition) is 4. The second-order valence-electron chi connectivity index (χ2n) is 3.72. The fourth-order valence-corrected chi connectivity index (χ4v) is 1.80. The Bertz CT molecular complexity index is 536. The lowest BCUT2D eigenvalue weighted by Crippen LogP contribution is -1.99. The van der Waals surface area contributed by atoms with E-state index in [1.54, 1.807) is 6.20 Å². The summed E-state index contributed by atoms with van der Waals surface area (Å²) in [5, 5.41) is 19.0. The molecule has 76 valence electrons. The number of aromatic amines is 1. The molecule has 1 aliphatic carbocycles. The standard InChI is InChI=1S/C9H8N4O2/c14-9(15)6-2-5(6)4-1-7-8(10-3-4)12-13-11-7/h1,3,5-6H,2H2,(H,14,15)(H,10,11,12,13)/t5-,6+/m0/s1. The number of H-pyrrole nitrogens is 1. The quantitative estimate of drug-likeness (QED) is 0.744. The maximum absolute atomic E-state index is 10.7. The molecule has 15 heavy (non-hydrogen) atoms. The number of carboxylic acids is 1. The molecular weight excluding hydrogens is 196 g/mol. The fraction of sp³-hybridized carbons (Fsp3) is 0.333. The van der Waals surface area contributed by atoms with Crippen LogP contribution in [0.5, 0.6) is 0 Å². The van der Waals surface area contributed by atoms with Crippen molar-refractivity contribution in [2.24, 2.45) is 5.92 Å². The lowest BCUT2D eigenvalue weighted by molar-refractivity contribution is -0.138. The summed E-state index contributed by atoms with van der Waals surface area (Å²) in [6, 6.07) is 1.85. The van der Waals surface area contributed by atoms with Gasteiger partial charge in [-0.25, -0.2) is 4.98 Å². The highest BCUT2D eigenvalue weighted by molar-refractivity contribution is 5.76. The first-order chi connectivity index (χ1) is 7.25. The Morgan fingerprint density at radius 2 is 2.40 bits per heavy atom. The zero-order valence-electron chi connectivity index (χ0n) is 7.71. The summed E-state index contributed by atoms with van der Waals surface area (Å²) in [5.41, 5.74) is 2.18. The van der Waals surface area contributed by atoms with E-state index in [-0.39, 0.29) is 11.8 Å². The van der Waals surface area contributed by atoms with E-state index in [1.807, 2.05) is 6.07 Å². The fourth-order valence-electron chi connectivity index (χ4n) is 1.80. The van der Waals surface area contributed by atoms with Crippen molar-refractivity contribution in [3.63, 3.8) is 0 Å². The Hall–Kier alpha value is -1.98. The lowest BCUT2D eigenvalue weighted by Gasteiger charge is -1.96. The van der Waals surface area contributed by atoms with Crippen LogP contribution in [0.4, 0.5) is 0 Å². The molecule has 2 atom stereocenters. The molecular formula is C9H8N4O2. The highest BCUT2D eigenvalue weighted by Crippen LogP contribution is 2.47. The van der Waals surface area contributed by atoms with Gasteiger partial charge >= 0.3 is 5.97 Å². The van der Waals surface area contributed by atoms with Gasteiger partial charge in [-0.1, -0.05) is 0 Å². The number of nitrogens with zero attached hydrogens (tertiary/aromatic N) is 3. The van der Waals surface area contributed by atoms with Crippen LogP contribution >= 0.6 is 0 Å². The minimum atomic E-state index is -0.736. The monoisotopic (exact) mass is 204 g/mol. The van der Waals surface area contributed by atoms with Crippen LogP contribution in [0.1, 0.15) is 17.9 Å². The molecule has 6 nitrogen and oxygen atoms in total. The Morgan fingerprint density at radius 1 is 1.53 bits per heavy atom. The summed E-state index contributed by atoms with van der Waals surface area (Å²) in [6.45, 7) is 0. The second kappa shape index (κ2) is 2.75. The number of nitrogens with one attached hydrogen (secondary N) is 1. The van der Waals surface area contributed by atoms with Crippen LogP contribution in [0.2, 0.25) is 0 Å². The number of hydrogen-bond donors (Lipinski definition) is 2. The maximum atomic E-state index is 10.7. The summed E-state index contributed by atoms with van der Waals surface area (Å²) < 4.78 is 0. The van der Waals surface area contributed by atoms with Gasteiger partial charge in [-0.05, 0) is 24.0 Å². The van der Waals surface area contributed by atoms with E-state index in [0.29, 0.717) is 17.6 Å². The molecule has 2 heterocycles. The van der Waals surface area contributed by atoms with Crippen molar-refractivity contribution in [3.05, 3.63) is 17.8 Å². The molecule has 1 saturated carbocycles. The zero-order valence-corrected chi connectivity index (χ0v) is 7.71. The van der Waals surface area contributed by atoms with Crippen LogP contribution in [0, 0.1) is 5.92 Å². The van der Waals surface area contributed by atoms with Crippen molar-refractivity contribution < 1.29 is 9.90 Å². The minimum absolute atomic E-state index is 0.0936. The van der Waals surface area contributed by atoms with E-state index in [9.17, 15) is 4.79 Å². The number of aliphatic carboxylic acids is 1. The second-order valence-corrected chi connectivity index (χ2v) is 3.72. The van der Waals surface area contributed by atoms with Gasteiger partial charge in [-0.3, -0.25) is 4.79 Å². The number of carbonyl (C=O) groups is 1. The summed E-state index contributed by atoms with van der Waals surface area (Å²) in [5.74, 6) is -0.896. The molecule has 2 N–H and O–H groups in total. The Kier molecular flexibility index (Phi) is 1.53. The van der Waals surface area contributed by atoms with Crippen LogP contribution < -0.4 is 0 Å². The molecule has 0 amide bonds. The van der Waals surface area contributed by atoms with Crippen molar-refractivity contribution in [3.8, 4) is 0 Å². The largest absolute Gasteiger partial charge is 0.481 e. The number of pyridine rings is 1. The molecule has 2 aromatic rings. The molecule has 3 rings (SSSR count). The van der Waals surface area contributed by atoms with Crippen LogP contribution in [-0.2, 0) is 4.79 Å². The van der Waals surface area contributed by atoms with E-state index in [1.165, 1.54) is 0 Å². The zero-order chi connectivity index (χ0) is 10.4. The molecule has 0 spiro atoms. The molecule has 1 aliphatic rings. The summed E-state index contributed by atoms with van der Waals surface area (Å²) >= 11 is 0. The average Bonchev–Trinajstić information content (AvgIpc) is 2.89. The topological polar surface area (TPSA) is 91.8 Å². The van der Waals surface area contributed by atoms with Crippen molar-refractivity contribution in [2.75, 3.05) is 0 Å². The van der Waals surface area contributed by atoms with Gasteiger partial charge in [0.15, 0.2) is 0 Å². The van der Waals surface area contributed by atoms with Gasteiger partial charge in [0.05, 0.1) is 5.92 Å². The van der Waals surface area contributed by atoms with E-state index in [4.69, 9.17) is 5.11 Å². The molecule has 0 unspecified atom stereocenters. The minimum Gasteiger partial charge on any atom is -0.481 e. The van der Waals surface area contributed by atoms with Crippen molar-refractivity contribution >= 4 is 17.1 Å². The van der Waals surface area contributed by atoms with E-state index in [2.05, 4.69) is 20.4 Å². The van der Waals surface area contributed by atoms with Crippen LogP contribution in [0.15, 0.2) is 12.3 Å². The average molecular weight is 204 g/mol. The predicted octanol–water partition coefficient (Wildman–Crippen LogP) is 0.541. The van der Waals surface area contributed by atoms with Gasteiger partial charge in [0.2, 0.25) is 5.65 Å². The number of fused-ring (bicyclic) bond motifs is 1. The first-order valence-electron chi connectivity index (χ1n) is 4.65. The smallest absolute Gasteiger partial charge is 0.307 e. The van der Waals surface area contributed by atoms with Crippen molar-refractivity contribution in [1.29, 1.82) is 0 Å². The summed E-state index contributed by atoms with van der Waals surface area (Å²) in [4.78, 5) is 14.8. The van der Waals surface area contributed by atoms with Gasteiger partial charge in [-0.15, -0.1) is 5.10 Å². The predicted molar refractivity (Wildman–Crippen MR) is 50.2 cm³/mol. The van der Waals surface area contributed by atoms with Gasteiger partial charge < -0.3 is 5.11 Å². The highest BCUT2D eigenvalue weighted by Gasteiger charge is 2.44. The third kappa shape index (κ3) is 1.25. The Labute approximate surface area is 84.3 Å². The molecule has 0 aliphatic heterocycles. The van der Waals surface area contributed by atoms with Gasteiger partial charge in [0.1, 0.15) is 5.52 Å². The highest BCUT2D eigenvalue weighted by atomic mass is 16.4.